The lowest BCUT2D eigenvalue weighted by molar-refractivity contribution is -0.385. The van der Waals surface area contributed by atoms with E-state index in [1.807, 2.05) is 0 Å². The van der Waals surface area contributed by atoms with Gasteiger partial charge in [-0.1, -0.05) is 11.6 Å². The Labute approximate surface area is 120 Å². The first-order valence-electron chi connectivity index (χ1n) is 5.83. The molecule has 0 spiro atoms. The van der Waals surface area contributed by atoms with Crippen molar-refractivity contribution in [3.8, 4) is 11.5 Å². The zero-order valence-electron chi connectivity index (χ0n) is 10.7. The molecule has 0 fully saturated rings. The van der Waals surface area contributed by atoms with E-state index in [0.717, 1.165) is 0 Å². The first-order valence-corrected chi connectivity index (χ1v) is 6.21. The summed E-state index contributed by atoms with van der Waals surface area (Å²) in [6.45, 7) is 1.43. The highest BCUT2D eigenvalue weighted by Gasteiger charge is 2.12. The van der Waals surface area contributed by atoms with Crippen molar-refractivity contribution in [2.24, 2.45) is 0 Å². The highest BCUT2D eigenvalue weighted by Crippen LogP contribution is 2.30. The van der Waals surface area contributed by atoms with Crippen molar-refractivity contribution in [1.82, 2.24) is 0 Å². The highest BCUT2D eigenvalue weighted by molar-refractivity contribution is 6.30. The molecule has 2 aromatic rings. The van der Waals surface area contributed by atoms with E-state index in [2.05, 4.69) is 0 Å². The molecule has 6 heteroatoms. The Morgan fingerprint density at radius 1 is 1.30 bits per heavy atom. The fraction of sp³-hybridized carbons (Fsp3) is 0.143. The molecule has 0 saturated heterocycles. The van der Waals surface area contributed by atoms with E-state index in [4.69, 9.17) is 16.3 Å². The molecule has 1 N–H and O–H groups in total. The third-order valence-corrected chi connectivity index (χ3v) is 3.02. The van der Waals surface area contributed by atoms with E-state index in [0.29, 0.717) is 27.6 Å². The number of benzene rings is 2. The second-order valence-corrected chi connectivity index (χ2v) is 4.65. The lowest BCUT2D eigenvalue weighted by atomic mass is 10.2. The summed E-state index contributed by atoms with van der Waals surface area (Å²) in [5, 5.41) is 20.5. The van der Waals surface area contributed by atoms with Gasteiger partial charge in [-0.05, 0) is 37.3 Å². The Bertz CT molecular complexity index is 658. The third kappa shape index (κ3) is 3.07. The van der Waals surface area contributed by atoms with Gasteiger partial charge >= 0.3 is 0 Å². The second-order valence-electron chi connectivity index (χ2n) is 4.22. The van der Waals surface area contributed by atoms with Crippen molar-refractivity contribution in [2.45, 2.75) is 13.5 Å². The van der Waals surface area contributed by atoms with Crippen LogP contribution in [0.4, 0.5) is 5.69 Å². The first-order chi connectivity index (χ1) is 9.51. The van der Waals surface area contributed by atoms with Crippen molar-refractivity contribution in [3.05, 3.63) is 62.7 Å². The summed E-state index contributed by atoms with van der Waals surface area (Å²) in [7, 11) is 0. The minimum atomic E-state index is -0.444. The van der Waals surface area contributed by atoms with Crippen LogP contribution in [0.5, 0.6) is 11.5 Å². The Morgan fingerprint density at radius 2 is 2.05 bits per heavy atom. The molecule has 0 bridgehead atoms. The lowest BCUT2D eigenvalue weighted by Crippen LogP contribution is -1.94. The average molecular weight is 294 g/mol. The number of hydrogen-bond acceptors (Lipinski definition) is 4. The van der Waals surface area contributed by atoms with Gasteiger partial charge in [0.05, 0.1) is 11.5 Å². The van der Waals surface area contributed by atoms with E-state index >= 15 is 0 Å². The van der Waals surface area contributed by atoms with E-state index in [1.165, 1.54) is 12.1 Å². The number of aryl methyl sites for hydroxylation is 1. The van der Waals surface area contributed by atoms with Gasteiger partial charge in [0.1, 0.15) is 11.5 Å². The molecule has 0 aromatic heterocycles. The largest absolute Gasteiger partial charge is 0.457 e. The van der Waals surface area contributed by atoms with Gasteiger partial charge in [-0.3, -0.25) is 10.1 Å². The highest BCUT2D eigenvalue weighted by atomic mass is 35.5. The van der Waals surface area contributed by atoms with Crippen molar-refractivity contribution in [2.75, 3.05) is 0 Å². The standard InChI is InChI=1S/C14H12ClNO4/c1-9-6-12(3-4-13(9)16(18)19)20-14-5-2-11(15)7-10(14)8-17/h2-7,17H,8H2,1H3. The minimum Gasteiger partial charge on any atom is -0.457 e. The minimum absolute atomic E-state index is 0.0378. The fourth-order valence-electron chi connectivity index (χ4n) is 1.79. The molecule has 5 nitrogen and oxygen atoms in total. The fourth-order valence-corrected chi connectivity index (χ4v) is 1.99. The number of nitro groups is 1. The summed E-state index contributed by atoms with van der Waals surface area (Å²) >= 11 is 5.84. The maximum absolute atomic E-state index is 10.7. The van der Waals surface area contributed by atoms with Crippen molar-refractivity contribution in [1.29, 1.82) is 0 Å². The molecule has 0 radical (unpaired) electrons. The van der Waals surface area contributed by atoms with E-state index in [1.54, 1.807) is 31.2 Å². The van der Waals surface area contributed by atoms with Gasteiger partial charge in [0.25, 0.3) is 5.69 Å². The maximum atomic E-state index is 10.7. The molecule has 2 aromatic carbocycles. The quantitative estimate of drug-likeness (QED) is 0.686. The molecule has 104 valence electrons. The van der Waals surface area contributed by atoms with E-state index < -0.39 is 4.92 Å². The molecule has 2 rings (SSSR count). The maximum Gasteiger partial charge on any atom is 0.272 e. The van der Waals surface area contributed by atoms with E-state index in [-0.39, 0.29) is 12.3 Å². The topological polar surface area (TPSA) is 72.6 Å². The predicted octanol–water partition coefficient (Wildman–Crippen LogP) is 3.84. The molecule has 0 aliphatic carbocycles. The van der Waals surface area contributed by atoms with Crippen LogP contribution in [-0.2, 0) is 6.61 Å². The first kappa shape index (κ1) is 14.3. The third-order valence-electron chi connectivity index (χ3n) is 2.79. The van der Waals surface area contributed by atoms with Crippen molar-refractivity contribution < 1.29 is 14.8 Å². The van der Waals surface area contributed by atoms with Crippen LogP contribution < -0.4 is 4.74 Å². The number of halogens is 1. The van der Waals surface area contributed by atoms with Gasteiger partial charge in [-0.2, -0.15) is 0 Å². The van der Waals surface area contributed by atoms with Gasteiger partial charge in [0.2, 0.25) is 0 Å². The Hall–Kier alpha value is -2.11. The number of ether oxygens (including phenoxy) is 1. The van der Waals surface area contributed by atoms with Crippen molar-refractivity contribution >= 4 is 17.3 Å². The molecule has 20 heavy (non-hydrogen) atoms. The number of aliphatic hydroxyl groups excluding tert-OH is 1. The van der Waals surface area contributed by atoms with Gasteiger partial charge in [0, 0.05) is 22.2 Å². The average Bonchev–Trinajstić information content (AvgIpc) is 2.40. The monoisotopic (exact) mass is 293 g/mol. The second kappa shape index (κ2) is 5.90. The Morgan fingerprint density at radius 3 is 2.65 bits per heavy atom. The SMILES string of the molecule is Cc1cc(Oc2ccc(Cl)cc2CO)ccc1[N+](=O)[O-]. The molecule has 0 atom stereocenters. The predicted molar refractivity (Wildman–Crippen MR) is 75.3 cm³/mol. The van der Waals surface area contributed by atoms with Gasteiger partial charge in [-0.15, -0.1) is 0 Å². The van der Waals surface area contributed by atoms with Crippen molar-refractivity contribution in [3.63, 3.8) is 0 Å². The van der Waals surface area contributed by atoms with Gasteiger partial charge < -0.3 is 9.84 Å². The number of hydrogen-bond donors (Lipinski definition) is 1. The number of aliphatic hydroxyl groups is 1. The molecule has 0 aliphatic heterocycles. The van der Waals surface area contributed by atoms with Crippen LogP contribution in [0.15, 0.2) is 36.4 Å². The smallest absolute Gasteiger partial charge is 0.272 e. The molecule has 0 saturated carbocycles. The molecular formula is C14H12ClNO4. The zero-order valence-corrected chi connectivity index (χ0v) is 11.4. The molecule has 0 heterocycles. The summed E-state index contributed by atoms with van der Waals surface area (Å²) in [5.74, 6) is 0.926. The number of rotatable bonds is 4. The van der Waals surface area contributed by atoms with Crippen LogP contribution in [-0.4, -0.2) is 10.0 Å². The van der Waals surface area contributed by atoms with Crippen LogP contribution in [0.3, 0.4) is 0 Å². The summed E-state index contributed by atoms with van der Waals surface area (Å²) in [4.78, 5) is 10.3. The lowest BCUT2D eigenvalue weighted by Gasteiger charge is -2.10. The van der Waals surface area contributed by atoms with E-state index in [9.17, 15) is 15.2 Å². The summed E-state index contributed by atoms with van der Waals surface area (Å²) < 4.78 is 5.63. The van der Waals surface area contributed by atoms with Crippen LogP contribution in [0.1, 0.15) is 11.1 Å². The Balaban J connectivity index is 2.31. The Kier molecular flexibility index (Phi) is 4.22. The zero-order chi connectivity index (χ0) is 14.7. The van der Waals surface area contributed by atoms with Crippen LogP contribution in [0.2, 0.25) is 5.02 Å². The van der Waals surface area contributed by atoms with Crippen LogP contribution >= 0.6 is 11.6 Å². The summed E-state index contributed by atoms with van der Waals surface area (Å²) in [6.07, 6.45) is 0. The number of nitro benzene ring substituents is 1. The molecular weight excluding hydrogens is 282 g/mol. The summed E-state index contributed by atoms with van der Waals surface area (Å²) in [6, 6.07) is 9.38. The molecule has 0 unspecified atom stereocenters. The summed E-state index contributed by atoms with van der Waals surface area (Å²) in [5.41, 5.74) is 1.09. The molecule has 0 amide bonds. The van der Waals surface area contributed by atoms with Gasteiger partial charge in [0.15, 0.2) is 0 Å². The number of nitrogens with zero attached hydrogens (tertiary/aromatic N) is 1. The van der Waals surface area contributed by atoms with Crippen LogP contribution in [0, 0.1) is 17.0 Å². The van der Waals surface area contributed by atoms with Gasteiger partial charge in [-0.25, -0.2) is 0 Å². The normalized spacial score (nSPS) is 10.3. The van der Waals surface area contributed by atoms with Crippen LogP contribution in [0.25, 0.3) is 0 Å². The molecule has 0 aliphatic rings.